The lowest BCUT2D eigenvalue weighted by atomic mass is 10.1. The molecule has 0 aromatic heterocycles. The minimum atomic E-state index is 0.274. The van der Waals surface area contributed by atoms with Gasteiger partial charge >= 0.3 is 0 Å². The van der Waals surface area contributed by atoms with Crippen molar-refractivity contribution < 1.29 is 5.11 Å². The normalized spacial score (nSPS) is 14.7. The van der Waals surface area contributed by atoms with Crippen molar-refractivity contribution in [1.29, 1.82) is 0 Å². The van der Waals surface area contributed by atoms with Gasteiger partial charge in [-0.15, -0.1) is 0 Å². The third kappa shape index (κ3) is 2.07. The number of phenols is 1. The second kappa shape index (κ2) is 4.53. The van der Waals surface area contributed by atoms with E-state index >= 15 is 0 Å². The fraction of sp³-hybridized carbons (Fsp3) is 0.133. The molecule has 90 valence electrons. The van der Waals surface area contributed by atoms with Crippen molar-refractivity contribution in [1.82, 2.24) is 0 Å². The minimum absolute atomic E-state index is 0.274. The molecule has 1 aliphatic rings. The molecule has 2 aromatic rings. The monoisotopic (exact) mass is 238 g/mol. The quantitative estimate of drug-likeness (QED) is 0.873. The van der Waals surface area contributed by atoms with E-state index in [0.29, 0.717) is 0 Å². The van der Waals surface area contributed by atoms with Crippen LogP contribution >= 0.6 is 0 Å². The molecule has 0 unspecified atom stereocenters. The molecule has 1 aliphatic heterocycles. The third-order valence-corrected chi connectivity index (χ3v) is 3.04. The zero-order valence-electron chi connectivity index (χ0n) is 9.95. The van der Waals surface area contributed by atoms with Crippen molar-refractivity contribution in [2.24, 2.45) is 5.10 Å². The van der Waals surface area contributed by atoms with Gasteiger partial charge in [-0.05, 0) is 17.7 Å². The molecule has 0 spiro atoms. The number of hydrazone groups is 1. The summed E-state index contributed by atoms with van der Waals surface area (Å²) in [4.78, 5) is 0. The summed E-state index contributed by atoms with van der Waals surface area (Å²) < 4.78 is 0. The standard InChI is InChI=1S/C15H14N2O/c18-14-8-4-7-13(11-14)17-10-9-15(16-17)12-5-2-1-3-6-12/h1-8,11,18H,9-10H2. The number of nitrogens with zero attached hydrogens (tertiary/aromatic N) is 2. The maximum absolute atomic E-state index is 9.48. The van der Waals surface area contributed by atoms with E-state index in [1.165, 1.54) is 5.56 Å². The Labute approximate surface area is 106 Å². The van der Waals surface area contributed by atoms with Crippen LogP contribution in [0.3, 0.4) is 0 Å². The average Bonchev–Trinajstić information content (AvgIpc) is 2.89. The van der Waals surface area contributed by atoms with Gasteiger partial charge in [-0.1, -0.05) is 36.4 Å². The number of hydrogen-bond donors (Lipinski definition) is 1. The third-order valence-electron chi connectivity index (χ3n) is 3.04. The van der Waals surface area contributed by atoms with Crippen LogP contribution in [0.15, 0.2) is 59.7 Å². The van der Waals surface area contributed by atoms with Crippen LogP contribution in [-0.4, -0.2) is 17.4 Å². The summed E-state index contributed by atoms with van der Waals surface area (Å²) in [5.41, 5.74) is 3.19. The summed E-state index contributed by atoms with van der Waals surface area (Å²) in [6, 6.07) is 17.4. The topological polar surface area (TPSA) is 35.8 Å². The molecule has 0 bridgehead atoms. The summed E-state index contributed by atoms with van der Waals surface area (Å²) in [5.74, 6) is 0.274. The zero-order valence-corrected chi connectivity index (χ0v) is 9.95. The van der Waals surface area contributed by atoms with Crippen LogP contribution in [0.1, 0.15) is 12.0 Å². The zero-order chi connectivity index (χ0) is 12.4. The van der Waals surface area contributed by atoms with E-state index in [1.807, 2.05) is 35.3 Å². The molecule has 2 aromatic carbocycles. The predicted molar refractivity (Wildman–Crippen MR) is 73.0 cm³/mol. The summed E-state index contributed by atoms with van der Waals surface area (Å²) in [6.07, 6.45) is 0.930. The van der Waals surface area contributed by atoms with Gasteiger partial charge in [0.05, 0.1) is 11.4 Å². The van der Waals surface area contributed by atoms with E-state index in [4.69, 9.17) is 0 Å². The Bertz CT molecular complexity index is 578. The highest BCUT2D eigenvalue weighted by molar-refractivity contribution is 6.02. The van der Waals surface area contributed by atoms with Crippen molar-refractivity contribution in [3.8, 4) is 5.75 Å². The molecule has 3 rings (SSSR count). The summed E-state index contributed by atoms with van der Waals surface area (Å²) in [5, 5.41) is 16.0. The lowest BCUT2D eigenvalue weighted by Crippen LogP contribution is -2.11. The van der Waals surface area contributed by atoms with Gasteiger partial charge in [0.15, 0.2) is 0 Å². The highest BCUT2D eigenvalue weighted by Gasteiger charge is 2.17. The molecular weight excluding hydrogens is 224 g/mol. The van der Waals surface area contributed by atoms with Gasteiger partial charge in [-0.2, -0.15) is 5.10 Å². The van der Waals surface area contributed by atoms with E-state index in [2.05, 4.69) is 17.2 Å². The number of aromatic hydroxyl groups is 1. The Balaban J connectivity index is 1.88. The van der Waals surface area contributed by atoms with E-state index in [0.717, 1.165) is 24.4 Å². The van der Waals surface area contributed by atoms with Crippen LogP contribution in [0.4, 0.5) is 5.69 Å². The van der Waals surface area contributed by atoms with Gasteiger partial charge < -0.3 is 5.11 Å². The number of rotatable bonds is 2. The van der Waals surface area contributed by atoms with Crippen molar-refractivity contribution in [3.05, 3.63) is 60.2 Å². The Kier molecular flexibility index (Phi) is 2.73. The Morgan fingerprint density at radius 3 is 2.61 bits per heavy atom. The SMILES string of the molecule is Oc1cccc(N2CCC(c3ccccc3)=N2)c1. The maximum atomic E-state index is 9.48. The van der Waals surface area contributed by atoms with Crippen molar-refractivity contribution >= 4 is 11.4 Å². The van der Waals surface area contributed by atoms with Gasteiger partial charge in [-0.3, -0.25) is 5.01 Å². The van der Waals surface area contributed by atoms with Crippen molar-refractivity contribution in [2.75, 3.05) is 11.6 Å². The fourth-order valence-electron chi connectivity index (χ4n) is 2.13. The Morgan fingerprint density at radius 1 is 1.00 bits per heavy atom. The summed E-state index contributed by atoms with van der Waals surface area (Å²) >= 11 is 0. The van der Waals surface area contributed by atoms with Crippen LogP contribution in [0.25, 0.3) is 0 Å². The van der Waals surface area contributed by atoms with Crippen molar-refractivity contribution in [3.63, 3.8) is 0 Å². The van der Waals surface area contributed by atoms with Gasteiger partial charge in [0.2, 0.25) is 0 Å². The number of benzene rings is 2. The molecule has 18 heavy (non-hydrogen) atoms. The van der Waals surface area contributed by atoms with Gasteiger partial charge in [-0.25, -0.2) is 0 Å². The first-order chi connectivity index (χ1) is 8.83. The highest BCUT2D eigenvalue weighted by atomic mass is 16.3. The molecular formula is C15H14N2O. The molecule has 0 amide bonds. The lowest BCUT2D eigenvalue weighted by molar-refractivity contribution is 0.475. The second-order valence-corrected chi connectivity index (χ2v) is 4.31. The number of phenolic OH excluding ortho intramolecular Hbond substituents is 1. The smallest absolute Gasteiger partial charge is 0.117 e. The Morgan fingerprint density at radius 2 is 1.83 bits per heavy atom. The summed E-state index contributed by atoms with van der Waals surface area (Å²) in [7, 11) is 0. The molecule has 0 atom stereocenters. The predicted octanol–water partition coefficient (Wildman–Crippen LogP) is 3.01. The van der Waals surface area contributed by atoms with Crippen LogP contribution in [0.5, 0.6) is 5.75 Å². The van der Waals surface area contributed by atoms with E-state index < -0.39 is 0 Å². The first kappa shape index (κ1) is 10.8. The molecule has 0 saturated carbocycles. The number of anilines is 1. The molecule has 1 heterocycles. The van der Waals surface area contributed by atoms with Gasteiger partial charge in [0, 0.05) is 19.0 Å². The molecule has 0 radical (unpaired) electrons. The van der Waals surface area contributed by atoms with Crippen molar-refractivity contribution in [2.45, 2.75) is 6.42 Å². The minimum Gasteiger partial charge on any atom is -0.508 e. The molecule has 0 saturated heterocycles. The van der Waals surface area contributed by atoms with Crippen LogP contribution in [0.2, 0.25) is 0 Å². The van der Waals surface area contributed by atoms with Gasteiger partial charge in [0.25, 0.3) is 0 Å². The second-order valence-electron chi connectivity index (χ2n) is 4.31. The van der Waals surface area contributed by atoms with E-state index in [1.54, 1.807) is 12.1 Å². The maximum Gasteiger partial charge on any atom is 0.117 e. The van der Waals surface area contributed by atoms with Crippen LogP contribution in [0, 0.1) is 0 Å². The molecule has 0 fully saturated rings. The van der Waals surface area contributed by atoms with Crippen LogP contribution in [-0.2, 0) is 0 Å². The largest absolute Gasteiger partial charge is 0.508 e. The van der Waals surface area contributed by atoms with Crippen LogP contribution < -0.4 is 5.01 Å². The Hall–Kier alpha value is -2.29. The highest BCUT2D eigenvalue weighted by Crippen LogP contribution is 2.24. The average molecular weight is 238 g/mol. The molecule has 1 N–H and O–H groups in total. The van der Waals surface area contributed by atoms with E-state index in [9.17, 15) is 5.11 Å². The molecule has 3 nitrogen and oxygen atoms in total. The molecule has 0 aliphatic carbocycles. The first-order valence-electron chi connectivity index (χ1n) is 6.02. The number of hydrogen-bond acceptors (Lipinski definition) is 3. The van der Waals surface area contributed by atoms with E-state index in [-0.39, 0.29) is 5.75 Å². The van der Waals surface area contributed by atoms with Gasteiger partial charge in [0.1, 0.15) is 5.75 Å². The molecule has 3 heteroatoms. The lowest BCUT2D eigenvalue weighted by Gasteiger charge is -2.13. The fourth-order valence-corrected chi connectivity index (χ4v) is 2.13. The summed E-state index contributed by atoms with van der Waals surface area (Å²) in [6.45, 7) is 0.855. The first-order valence-corrected chi connectivity index (χ1v) is 6.02.